The van der Waals surface area contributed by atoms with E-state index in [-0.39, 0.29) is 12.1 Å². The largest absolute Gasteiger partial charge is 0.497 e. The van der Waals surface area contributed by atoms with Crippen molar-refractivity contribution in [2.45, 2.75) is 38.8 Å². The number of hydrogen-bond donors (Lipinski definition) is 1. The van der Waals surface area contributed by atoms with Crippen molar-refractivity contribution in [2.24, 2.45) is 11.7 Å². The number of benzene rings is 1. The molecule has 1 aliphatic rings. The second-order valence-corrected chi connectivity index (χ2v) is 5.39. The van der Waals surface area contributed by atoms with Crippen LogP contribution in [0.2, 0.25) is 0 Å². The summed E-state index contributed by atoms with van der Waals surface area (Å²) in [5.41, 5.74) is 8.80. The monoisotopic (exact) mass is 249 g/mol. The molecule has 2 atom stereocenters. The zero-order chi connectivity index (χ0) is 13.1. The van der Waals surface area contributed by atoms with Crippen molar-refractivity contribution in [1.82, 2.24) is 0 Å². The van der Waals surface area contributed by atoms with E-state index in [2.05, 4.69) is 26.0 Å². The third-order valence-electron chi connectivity index (χ3n) is 3.45. The van der Waals surface area contributed by atoms with Crippen molar-refractivity contribution in [1.29, 1.82) is 0 Å². The van der Waals surface area contributed by atoms with Crippen molar-refractivity contribution in [2.75, 3.05) is 13.7 Å². The van der Waals surface area contributed by atoms with Crippen molar-refractivity contribution in [3.63, 3.8) is 0 Å². The molecule has 0 saturated carbocycles. The Morgan fingerprint density at radius 1 is 1.39 bits per heavy atom. The Hall–Kier alpha value is -1.06. The summed E-state index contributed by atoms with van der Waals surface area (Å²) in [6.45, 7) is 5.10. The molecule has 0 saturated heterocycles. The summed E-state index contributed by atoms with van der Waals surface area (Å²) in [6, 6.07) is 6.12. The maximum atomic E-state index is 6.30. The van der Waals surface area contributed by atoms with Gasteiger partial charge >= 0.3 is 0 Å². The van der Waals surface area contributed by atoms with Crippen LogP contribution in [0.15, 0.2) is 18.2 Å². The minimum absolute atomic E-state index is 0.0154. The third-order valence-corrected chi connectivity index (χ3v) is 3.45. The molecule has 3 nitrogen and oxygen atoms in total. The average Bonchev–Trinajstić information content (AvgIpc) is 2.37. The second-order valence-electron chi connectivity index (χ2n) is 5.39. The van der Waals surface area contributed by atoms with E-state index in [4.69, 9.17) is 15.2 Å². The second kappa shape index (κ2) is 5.72. The number of aryl methyl sites for hydroxylation is 1. The summed E-state index contributed by atoms with van der Waals surface area (Å²) in [7, 11) is 1.69. The van der Waals surface area contributed by atoms with Gasteiger partial charge in [-0.15, -0.1) is 0 Å². The Morgan fingerprint density at radius 3 is 2.83 bits per heavy atom. The Morgan fingerprint density at radius 2 is 2.17 bits per heavy atom. The molecule has 1 aliphatic carbocycles. The van der Waals surface area contributed by atoms with Crippen LogP contribution in [-0.2, 0) is 11.2 Å². The van der Waals surface area contributed by atoms with Crippen LogP contribution in [0.25, 0.3) is 0 Å². The van der Waals surface area contributed by atoms with E-state index in [1.165, 1.54) is 11.1 Å². The topological polar surface area (TPSA) is 44.5 Å². The van der Waals surface area contributed by atoms with Gasteiger partial charge in [-0.05, 0) is 42.0 Å². The van der Waals surface area contributed by atoms with Gasteiger partial charge in [-0.25, -0.2) is 0 Å². The molecule has 18 heavy (non-hydrogen) atoms. The quantitative estimate of drug-likeness (QED) is 0.892. The summed E-state index contributed by atoms with van der Waals surface area (Å²) >= 11 is 0. The van der Waals surface area contributed by atoms with Gasteiger partial charge in [-0.2, -0.15) is 0 Å². The van der Waals surface area contributed by atoms with Gasteiger partial charge in [0.25, 0.3) is 0 Å². The number of nitrogens with two attached hydrogens (primary N) is 1. The minimum Gasteiger partial charge on any atom is -0.497 e. The highest BCUT2D eigenvalue weighted by atomic mass is 16.5. The molecule has 100 valence electrons. The van der Waals surface area contributed by atoms with Crippen LogP contribution >= 0.6 is 0 Å². The summed E-state index contributed by atoms with van der Waals surface area (Å²) < 4.78 is 11.2. The van der Waals surface area contributed by atoms with Gasteiger partial charge in [-0.3, -0.25) is 0 Å². The van der Waals surface area contributed by atoms with Crippen LogP contribution in [0, 0.1) is 5.92 Å². The number of hydrogen-bond acceptors (Lipinski definition) is 3. The third kappa shape index (κ3) is 2.85. The summed E-state index contributed by atoms with van der Waals surface area (Å²) in [6.07, 6.45) is 2.16. The van der Waals surface area contributed by atoms with Gasteiger partial charge in [-0.1, -0.05) is 19.9 Å². The Balaban J connectivity index is 2.10. The molecule has 0 amide bonds. The van der Waals surface area contributed by atoms with Crippen molar-refractivity contribution >= 4 is 0 Å². The standard InChI is InChI=1S/C15H23NO2/c1-10(2)9-18-14-7-4-11-8-12(17-3)5-6-13(11)15(14)16/h5-6,8,10,14-15H,4,7,9,16H2,1-3H3. The molecule has 1 aromatic carbocycles. The van der Waals surface area contributed by atoms with Gasteiger partial charge in [0.1, 0.15) is 5.75 Å². The molecule has 2 N–H and O–H groups in total. The van der Waals surface area contributed by atoms with Gasteiger partial charge in [0, 0.05) is 6.61 Å². The smallest absolute Gasteiger partial charge is 0.119 e. The zero-order valence-electron chi connectivity index (χ0n) is 11.5. The van der Waals surface area contributed by atoms with Gasteiger partial charge in [0.2, 0.25) is 0 Å². The van der Waals surface area contributed by atoms with Crippen LogP contribution in [-0.4, -0.2) is 19.8 Å². The Labute approximate surface area is 109 Å². The lowest BCUT2D eigenvalue weighted by atomic mass is 9.86. The van der Waals surface area contributed by atoms with Crippen molar-refractivity contribution in [3.05, 3.63) is 29.3 Å². The molecule has 0 heterocycles. The molecule has 0 fully saturated rings. The van der Waals surface area contributed by atoms with Crippen molar-refractivity contribution in [3.8, 4) is 5.75 Å². The summed E-state index contributed by atoms with van der Waals surface area (Å²) in [5, 5.41) is 0. The lowest BCUT2D eigenvalue weighted by Crippen LogP contribution is -2.34. The fourth-order valence-corrected chi connectivity index (χ4v) is 2.43. The molecule has 0 spiro atoms. The lowest BCUT2D eigenvalue weighted by Gasteiger charge is -2.31. The number of ether oxygens (including phenoxy) is 2. The van der Waals surface area contributed by atoms with Gasteiger partial charge in [0.15, 0.2) is 0 Å². The molecule has 1 aromatic rings. The summed E-state index contributed by atoms with van der Waals surface area (Å²) in [5.74, 6) is 1.46. The van der Waals surface area contributed by atoms with Crippen LogP contribution in [0.3, 0.4) is 0 Å². The van der Waals surface area contributed by atoms with Crippen LogP contribution < -0.4 is 10.5 Å². The molecule has 0 aromatic heterocycles. The van der Waals surface area contributed by atoms with E-state index in [9.17, 15) is 0 Å². The maximum absolute atomic E-state index is 6.30. The van der Waals surface area contributed by atoms with E-state index < -0.39 is 0 Å². The first kappa shape index (κ1) is 13.4. The highest BCUT2D eigenvalue weighted by Crippen LogP contribution is 2.32. The Bertz CT molecular complexity index is 403. The molecular weight excluding hydrogens is 226 g/mol. The molecular formula is C15H23NO2. The van der Waals surface area contributed by atoms with E-state index in [1.807, 2.05) is 6.07 Å². The highest BCUT2D eigenvalue weighted by molar-refractivity contribution is 5.39. The fraction of sp³-hybridized carbons (Fsp3) is 0.600. The zero-order valence-corrected chi connectivity index (χ0v) is 11.5. The first-order chi connectivity index (χ1) is 8.61. The van der Waals surface area contributed by atoms with Crippen LogP contribution in [0.1, 0.15) is 37.4 Å². The molecule has 2 rings (SSSR count). The molecule has 0 bridgehead atoms. The molecule has 0 radical (unpaired) electrons. The van der Waals surface area contributed by atoms with E-state index in [0.29, 0.717) is 5.92 Å². The number of rotatable bonds is 4. The predicted octanol–water partition coefficient (Wildman–Crippen LogP) is 2.68. The molecule has 3 heteroatoms. The van der Waals surface area contributed by atoms with E-state index >= 15 is 0 Å². The first-order valence-corrected chi connectivity index (χ1v) is 6.65. The summed E-state index contributed by atoms with van der Waals surface area (Å²) in [4.78, 5) is 0. The first-order valence-electron chi connectivity index (χ1n) is 6.65. The van der Waals surface area contributed by atoms with E-state index in [0.717, 1.165) is 25.2 Å². The average molecular weight is 249 g/mol. The number of fused-ring (bicyclic) bond motifs is 1. The SMILES string of the molecule is COc1ccc2c(c1)CCC(OCC(C)C)C2N. The van der Waals surface area contributed by atoms with Gasteiger partial charge in [0.05, 0.1) is 19.3 Å². The maximum Gasteiger partial charge on any atom is 0.119 e. The van der Waals surface area contributed by atoms with Crippen molar-refractivity contribution < 1.29 is 9.47 Å². The molecule has 0 aliphatic heterocycles. The lowest BCUT2D eigenvalue weighted by molar-refractivity contribution is 0.0104. The fourth-order valence-electron chi connectivity index (χ4n) is 2.43. The molecule has 2 unspecified atom stereocenters. The Kier molecular flexibility index (Phi) is 4.25. The highest BCUT2D eigenvalue weighted by Gasteiger charge is 2.27. The van der Waals surface area contributed by atoms with Crippen LogP contribution in [0.5, 0.6) is 5.75 Å². The van der Waals surface area contributed by atoms with E-state index in [1.54, 1.807) is 7.11 Å². The minimum atomic E-state index is -0.0154. The number of methoxy groups -OCH3 is 1. The van der Waals surface area contributed by atoms with Gasteiger partial charge < -0.3 is 15.2 Å². The normalized spacial score (nSPS) is 22.9. The predicted molar refractivity (Wildman–Crippen MR) is 72.8 cm³/mol. The van der Waals surface area contributed by atoms with Crippen LogP contribution in [0.4, 0.5) is 0 Å².